The Labute approximate surface area is 82.9 Å². The second-order valence-electron chi connectivity index (χ2n) is 3.09. The van der Waals surface area contributed by atoms with Crippen LogP contribution in [-0.4, -0.2) is 30.2 Å². The molecule has 14 heavy (non-hydrogen) atoms. The summed E-state index contributed by atoms with van der Waals surface area (Å²) in [5, 5.41) is 17.9. The second-order valence-corrected chi connectivity index (χ2v) is 3.09. The van der Waals surface area contributed by atoms with E-state index in [9.17, 15) is 9.82 Å². The number of rotatable bonds is 3. The summed E-state index contributed by atoms with van der Waals surface area (Å²) in [7, 11) is 1.14. The molecule has 74 valence electrons. The Morgan fingerprint density at radius 1 is 1.36 bits per heavy atom. The number of benzene rings is 1. The van der Waals surface area contributed by atoms with Gasteiger partial charge in [0.1, 0.15) is 0 Å². The maximum absolute atomic E-state index is 10.6. The minimum Gasteiger partial charge on any atom is -0.478 e. The monoisotopic (exact) mass is 193 g/mol. The zero-order valence-corrected chi connectivity index (χ0v) is 8.14. The van der Waals surface area contributed by atoms with Gasteiger partial charge in [0.15, 0.2) is 0 Å². The summed E-state index contributed by atoms with van der Waals surface area (Å²) in [4.78, 5) is 12.2. The minimum absolute atomic E-state index is 0.243. The molecule has 4 nitrogen and oxygen atoms in total. The van der Waals surface area contributed by atoms with Gasteiger partial charge in [-0.3, -0.25) is 0 Å². The molecule has 0 spiro atoms. The van der Waals surface area contributed by atoms with Gasteiger partial charge >= 0.3 is 13.0 Å². The number of hydrogen-bond donors (Lipinski definition) is 2. The fraction of sp³-hybridized carbons (Fsp3) is 0.222. The van der Waals surface area contributed by atoms with Gasteiger partial charge in [0.25, 0.3) is 0 Å². The number of anilines is 1. The molecule has 0 aliphatic heterocycles. The van der Waals surface area contributed by atoms with E-state index in [0.29, 0.717) is 0 Å². The lowest BCUT2D eigenvalue weighted by Crippen LogP contribution is -2.32. The molecule has 0 amide bonds. The number of carboxylic acid groups (broad SMARTS) is 1. The molecule has 2 N–H and O–H groups in total. The molecule has 0 aliphatic rings. The lowest BCUT2D eigenvalue weighted by molar-refractivity contribution is 0.0697. The van der Waals surface area contributed by atoms with Gasteiger partial charge in [-0.25, -0.2) is 4.79 Å². The van der Waals surface area contributed by atoms with Crippen molar-refractivity contribution in [3.63, 3.8) is 0 Å². The molecule has 1 aromatic rings. The first-order valence-electron chi connectivity index (χ1n) is 4.26. The third-order valence-electron chi connectivity index (χ3n) is 2.08. The van der Waals surface area contributed by atoms with Crippen LogP contribution < -0.4 is 4.81 Å². The molecule has 1 rings (SSSR count). The summed E-state index contributed by atoms with van der Waals surface area (Å²) in [5.41, 5.74) is 1.03. The average molecular weight is 193 g/mol. The van der Waals surface area contributed by atoms with Crippen LogP contribution in [0.5, 0.6) is 0 Å². The molecule has 0 radical (unpaired) electrons. The van der Waals surface area contributed by atoms with Crippen molar-refractivity contribution in [1.82, 2.24) is 0 Å². The molecule has 1 aromatic carbocycles. The van der Waals surface area contributed by atoms with Crippen molar-refractivity contribution in [2.24, 2.45) is 0 Å². The van der Waals surface area contributed by atoms with Crippen molar-refractivity contribution in [3.8, 4) is 0 Å². The van der Waals surface area contributed by atoms with Gasteiger partial charge in [0.05, 0.1) is 5.56 Å². The molecule has 5 heteroatoms. The van der Waals surface area contributed by atoms with Gasteiger partial charge in [0.2, 0.25) is 0 Å². The van der Waals surface area contributed by atoms with Gasteiger partial charge in [0, 0.05) is 5.69 Å². The van der Waals surface area contributed by atoms with E-state index in [-0.39, 0.29) is 5.56 Å². The van der Waals surface area contributed by atoms with Crippen LogP contribution in [-0.2, 0) is 0 Å². The number of nitrogens with zero attached hydrogens (tertiary/aromatic N) is 1. The van der Waals surface area contributed by atoms with Crippen molar-refractivity contribution >= 4 is 18.7 Å². The molecule has 0 fully saturated rings. The fourth-order valence-electron chi connectivity index (χ4n) is 1.05. The van der Waals surface area contributed by atoms with E-state index in [1.165, 1.54) is 12.1 Å². The van der Waals surface area contributed by atoms with Crippen LogP contribution in [0.4, 0.5) is 5.69 Å². The minimum atomic E-state index is -0.948. The molecule has 0 aliphatic carbocycles. The van der Waals surface area contributed by atoms with Gasteiger partial charge < -0.3 is 14.9 Å². The van der Waals surface area contributed by atoms with E-state index in [1.807, 2.05) is 0 Å². The van der Waals surface area contributed by atoms with Crippen LogP contribution in [0.15, 0.2) is 24.3 Å². The van der Waals surface area contributed by atoms with Crippen molar-refractivity contribution < 1.29 is 14.9 Å². The fourth-order valence-corrected chi connectivity index (χ4v) is 1.05. The summed E-state index contributed by atoms with van der Waals surface area (Å²) in [6, 6.07) is 6.35. The zero-order valence-electron chi connectivity index (χ0n) is 8.14. The first-order chi connectivity index (χ1) is 6.52. The molecule has 0 saturated heterocycles. The van der Waals surface area contributed by atoms with Crippen molar-refractivity contribution in [3.05, 3.63) is 29.8 Å². The highest BCUT2D eigenvalue weighted by molar-refractivity contribution is 6.53. The van der Waals surface area contributed by atoms with Crippen LogP contribution in [0.3, 0.4) is 0 Å². The average Bonchev–Trinajstić information content (AvgIpc) is 2.16. The van der Waals surface area contributed by atoms with E-state index in [4.69, 9.17) is 5.11 Å². The summed E-state index contributed by atoms with van der Waals surface area (Å²) < 4.78 is 0. The number of hydrogen-bond acceptors (Lipinski definition) is 3. The zero-order chi connectivity index (χ0) is 10.7. The Hall–Kier alpha value is -1.49. The predicted octanol–water partition coefficient (Wildman–Crippen LogP) is 0.931. The molecule has 0 unspecified atom stereocenters. The Morgan fingerprint density at radius 2 is 1.86 bits per heavy atom. The topological polar surface area (TPSA) is 60.8 Å². The summed E-state index contributed by atoms with van der Waals surface area (Å²) >= 11 is 0. The number of carboxylic acids is 1. The van der Waals surface area contributed by atoms with Crippen LogP contribution in [0.2, 0.25) is 6.82 Å². The Morgan fingerprint density at radius 3 is 2.21 bits per heavy atom. The Kier molecular flexibility index (Phi) is 3.14. The lowest BCUT2D eigenvalue weighted by Gasteiger charge is -2.19. The highest BCUT2D eigenvalue weighted by Crippen LogP contribution is 2.14. The first kappa shape index (κ1) is 10.6. The molecular weight excluding hydrogens is 181 g/mol. The predicted molar refractivity (Wildman–Crippen MR) is 55.6 cm³/mol. The molecule has 0 aromatic heterocycles. The van der Waals surface area contributed by atoms with Crippen LogP contribution >= 0.6 is 0 Å². The molecule has 0 bridgehead atoms. The quantitative estimate of drug-likeness (QED) is 0.701. The maximum atomic E-state index is 10.6. The van der Waals surface area contributed by atoms with E-state index in [2.05, 4.69) is 0 Å². The van der Waals surface area contributed by atoms with Crippen LogP contribution in [0.1, 0.15) is 10.4 Å². The van der Waals surface area contributed by atoms with Crippen molar-refractivity contribution in [2.45, 2.75) is 6.82 Å². The smallest absolute Gasteiger partial charge is 0.409 e. The van der Waals surface area contributed by atoms with Gasteiger partial charge in [-0.05, 0) is 38.1 Å². The highest BCUT2D eigenvalue weighted by atomic mass is 16.4. The lowest BCUT2D eigenvalue weighted by atomic mass is 9.85. The van der Waals surface area contributed by atoms with Crippen LogP contribution in [0.25, 0.3) is 0 Å². The Balaban J connectivity index is 2.88. The van der Waals surface area contributed by atoms with E-state index in [1.54, 1.807) is 30.8 Å². The standard InChI is InChI=1S/C9H12BNO3/c1-10(14)11(2)8-5-3-7(4-6-8)9(12)13/h3-6,14H,1-2H3,(H,12,13). The van der Waals surface area contributed by atoms with Crippen molar-refractivity contribution in [1.29, 1.82) is 0 Å². The van der Waals surface area contributed by atoms with Gasteiger partial charge in [-0.1, -0.05) is 0 Å². The molecular formula is C9H12BNO3. The number of aromatic carboxylic acids is 1. The third-order valence-corrected chi connectivity index (χ3v) is 2.08. The summed E-state index contributed by atoms with van der Waals surface area (Å²) in [5.74, 6) is -0.948. The summed E-state index contributed by atoms with van der Waals surface area (Å²) in [6.45, 7) is 1.64. The Bertz CT molecular complexity index is 323. The SMILES string of the molecule is CB(O)N(C)c1ccc(C(=O)O)cc1. The first-order valence-corrected chi connectivity index (χ1v) is 4.26. The normalized spacial score (nSPS) is 9.64. The van der Waals surface area contributed by atoms with Crippen molar-refractivity contribution in [2.75, 3.05) is 11.9 Å². The van der Waals surface area contributed by atoms with E-state index in [0.717, 1.165) is 5.69 Å². The van der Waals surface area contributed by atoms with Crippen LogP contribution in [0, 0.1) is 0 Å². The second kappa shape index (κ2) is 4.15. The molecule has 0 heterocycles. The summed E-state index contributed by atoms with van der Waals surface area (Å²) in [6.07, 6.45) is 0. The molecule has 0 saturated carbocycles. The maximum Gasteiger partial charge on any atom is 0.409 e. The van der Waals surface area contributed by atoms with E-state index < -0.39 is 13.0 Å². The van der Waals surface area contributed by atoms with Gasteiger partial charge in [-0.2, -0.15) is 0 Å². The number of carbonyl (C=O) groups is 1. The third kappa shape index (κ3) is 2.26. The largest absolute Gasteiger partial charge is 0.478 e. The molecule has 0 atom stereocenters. The van der Waals surface area contributed by atoms with Gasteiger partial charge in [-0.15, -0.1) is 0 Å². The highest BCUT2D eigenvalue weighted by Gasteiger charge is 2.12. The van der Waals surface area contributed by atoms with E-state index >= 15 is 0 Å².